The van der Waals surface area contributed by atoms with Gasteiger partial charge in [0.25, 0.3) is 0 Å². The fourth-order valence-corrected chi connectivity index (χ4v) is 3.91. The van der Waals surface area contributed by atoms with E-state index in [1.54, 1.807) is 13.8 Å². The smallest absolute Gasteiger partial charge is 0.411 e. The number of aldehydes is 1. The molecule has 0 radical (unpaired) electrons. The predicted molar refractivity (Wildman–Crippen MR) is 136 cm³/mol. The number of hydrogen-bond acceptors (Lipinski definition) is 6. The molecule has 0 aromatic rings. The van der Waals surface area contributed by atoms with E-state index in [0.717, 1.165) is 44.9 Å². The molecule has 0 aliphatic heterocycles. The van der Waals surface area contributed by atoms with Gasteiger partial charge in [0.05, 0.1) is 18.2 Å². The number of imide groups is 1. The van der Waals surface area contributed by atoms with E-state index in [1.165, 1.54) is 32.1 Å². The van der Waals surface area contributed by atoms with Gasteiger partial charge < -0.3 is 25.6 Å². The number of amides is 3. The minimum atomic E-state index is -1.43. The summed E-state index contributed by atoms with van der Waals surface area (Å²) in [6.45, 7) is 8.51. The molecule has 0 heterocycles. The van der Waals surface area contributed by atoms with E-state index in [2.05, 4.69) is 16.0 Å². The highest BCUT2D eigenvalue weighted by Gasteiger charge is 2.27. The molecule has 0 fully saturated rings. The zero-order chi connectivity index (χ0) is 26.6. The summed E-state index contributed by atoms with van der Waals surface area (Å²) in [4.78, 5) is 45.0. The van der Waals surface area contributed by atoms with Crippen molar-refractivity contribution < 1.29 is 29.4 Å². The Hall–Kier alpha value is -2.20. The summed E-state index contributed by atoms with van der Waals surface area (Å²) >= 11 is 0. The quantitative estimate of drug-likeness (QED) is 0.0781. The number of carboxylic acid groups (broad SMARTS) is 2. The molecule has 0 bridgehead atoms. The molecular weight excluding hydrogens is 452 g/mol. The maximum absolute atomic E-state index is 12.1. The SMILES string of the molecule is CC(C)C(C=O)NCCCCCCCCCCCCC(NC(=O)O)NC(C(=O)NC(=O)O)C(C)C. The van der Waals surface area contributed by atoms with Gasteiger partial charge in [-0.05, 0) is 31.2 Å². The van der Waals surface area contributed by atoms with E-state index >= 15 is 0 Å². The molecule has 0 aromatic carbocycles. The van der Waals surface area contributed by atoms with E-state index < -0.39 is 30.3 Å². The summed E-state index contributed by atoms with van der Waals surface area (Å²) in [5.41, 5.74) is 0. The van der Waals surface area contributed by atoms with Crippen LogP contribution >= 0.6 is 0 Å². The summed E-state index contributed by atoms with van der Waals surface area (Å²) in [6, 6.07) is -0.866. The maximum Gasteiger partial charge on any atom is 0.411 e. The van der Waals surface area contributed by atoms with Crippen LogP contribution in [0.4, 0.5) is 9.59 Å². The summed E-state index contributed by atoms with van der Waals surface area (Å²) in [5, 5.41) is 28.4. The van der Waals surface area contributed by atoms with E-state index in [9.17, 15) is 19.2 Å². The number of rotatable bonds is 21. The van der Waals surface area contributed by atoms with Gasteiger partial charge in [-0.1, -0.05) is 85.5 Å². The van der Waals surface area contributed by atoms with Gasteiger partial charge in [-0.25, -0.2) is 9.59 Å². The van der Waals surface area contributed by atoms with Crippen LogP contribution in [0.25, 0.3) is 0 Å². The maximum atomic E-state index is 12.1. The largest absolute Gasteiger partial charge is 0.465 e. The van der Waals surface area contributed by atoms with E-state index in [0.29, 0.717) is 12.3 Å². The highest BCUT2D eigenvalue weighted by molar-refractivity contribution is 5.94. The summed E-state index contributed by atoms with van der Waals surface area (Å²) in [5.74, 6) is -0.580. The first-order valence-electron chi connectivity index (χ1n) is 13.1. The molecule has 0 aliphatic rings. The number of unbranched alkanes of at least 4 members (excludes halogenated alkanes) is 9. The Morgan fingerprint density at radius 2 is 1.26 bits per heavy atom. The minimum absolute atomic E-state index is 0.0472. The number of nitrogens with one attached hydrogen (secondary N) is 4. The molecule has 0 saturated carbocycles. The molecule has 3 atom stereocenters. The van der Waals surface area contributed by atoms with Crippen molar-refractivity contribution in [3.05, 3.63) is 0 Å². The first kappa shape index (κ1) is 32.8. The van der Waals surface area contributed by atoms with Crippen LogP contribution in [0.1, 0.15) is 98.3 Å². The van der Waals surface area contributed by atoms with Gasteiger partial charge in [0.15, 0.2) is 0 Å². The Balaban J connectivity index is 4.00. The van der Waals surface area contributed by atoms with Crippen LogP contribution in [0.2, 0.25) is 0 Å². The van der Waals surface area contributed by atoms with Crippen molar-refractivity contribution in [2.75, 3.05) is 6.54 Å². The van der Waals surface area contributed by atoms with E-state index in [4.69, 9.17) is 10.2 Å². The van der Waals surface area contributed by atoms with Gasteiger partial charge in [0, 0.05) is 0 Å². The van der Waals surface area contributed by atoms with Crippen molar-refractivity contribution in [3.8, 4) is 0 Å². The molecule has 0 spiro atoms. The van der Waals surface area contributed by atoms with Gasteiger partial charge in [-0.2, -0.15) is 0 Å². The molecule has 0 rings (SSSR count). The highest BCUT2D eigenvalue weighted by atomic mass is 16.4. The molecule has 3 unspecified atom stereocenters. The monoisotopic (exact) mass is 500 g/mol. The third kappa shape index (κ3) is 17.8. The van der Waals surface area contributed by atoms with Gasteiger partial charge in [-0.15, -0.1) is 0 Å². The second-order valence-corrected chi connectivity index (χ2v) is 9.87. The van der Waals surface area contributed by atoms with Gasteiger partial charge in [-0.3, -0.25) is 15.4 Å². The van der Waals surface area contributed by atoms with Crippen LogP contribution in [0.15, 0.2) is 0 Å². The Morgan fingerprint density at radius 1 is 0.743 bits per heavy atom. The normalized spacial score (nSPS) is 13.9. The Bertz CT molecular complexity index is 615. The molecule has 3 amide bonds. The number of carbonyl (C=O) groups is 4. The number of hydrogen-bond donors (Lipinski definition) is 6. The molecule has 0 aliphatic carbocycles. The average Bonchev–Trinajstić information content (AvgIpc) is 2.75. The first-order chi connectivity index (χ1) is 16.6. The first-order valence-corrected chi connectivity index (χ1v) is 13.1. The Labute approximate surface area is 210 Å². The molecular formula is C25H48N4O6. The summed E-state index contributed by atoms with van der Waals surface area (Å²) < 4.78 is 0. The van der Waals surface area contributed by atoms with Crippen LogP contribution in [0, 0.1) is 11.8 Å². The van der Waals surface area contributed by atoms with Crippen molar-refractivity contribution >= 4 is 24.4 Å². The van der Waals surface area contributed by atoms with Crippen LogP contribution in [0.3, 0.4) is 0 Å². The van der Waals surface area contributed by atoms with Crippen LogP contribution in [0.5, 0.6) is 0 Å². The van der Waals surface area contributed by atoms with Crippen LogP contribution < -0.4 is 21.3 Å². The third-order valence-electron chi connectivity index (χ3n) is 6.02. The fraction of sp³-hybridized carbons (Fsp3) is 0.840. The highest BCUT2D eigenvalue weighted by Crippen LogP contribution is 2.13. The van der Waals surface area contributed by atoms with Crippen LogP contribution in [-0.4, -0.2) is 59.4 Å². The van der Waals surface area contributed by atoms with Gasteiger partial charge in [0.1, 0.15) is 6.29 Å². The van der Waals surface area contributed by atoms with Crippen molar-refractivity contribution in [2.45, 2.75) is 117 Å². The molecule has 10 heteroatoms. The van der Waals surface area contributed by atoms with Gasteiger partial charge >= 0.3 is 12.2 Å². The van der Waals surface area contributed by atoms with Gasteiger partial charge in [0.2, 0.25) is 5.91 Å². The third-order valence-corrected chi connectivity index (χ3v) is 6.02. The zero-order valence-electron chi connectivity index (χ0n) is 22.0. The zero-order valence-corrected chi connectivity index (χ0v) is 22.0. The van der Waals surface area contributed by atoms with Crippen molar-refractivity contribution in [3.63, 3.8) is 0 Å². The molecule has 10 nitrogen and oxygen atoms in total. The standard InChI is InChI=1S/C25H48N4O6/c1-18(2)20(17-30)26-16-14-12-10-8-6-5-7-9-11-13-15-21(28-24(32)33)27-22(19(3)4)23(31)29-25(34)35/h17-22,26-28H,5-16H2,1-4H3,(H,29,31)(H,32,33)(H,34,35). The van der Waals surface area contributed by atoms with E-state index in [-0.39, 0.29) is 12.0 Å². The van der Waals surface area contributed by atoms with E-state index in [1.807, 2.05) is 19.2 Å². The average molecular weight is 501 g/mol. The molecule has 6 N–H and O–H groups in total. The summed E-state index contributed by atoms with van der Waals surface area (Å²) in [7, 11) is 0. The second kappa shape index (κ2) is 20.0. The number of carbonyl (C=O) groups excluding carboxylic acids is 2. The minimum Gasteiger partial charge on any atom is -0.465 e. The summed E-state index contributed by atoms with van der Waals surface area (Å²) in [6.07, 6.45) is 9.29. The lowest BCUT2D eigenvalue weighted by molar-refractivity contribution is -0.123. The molecule has 35 heavy (non-hydrogen) atoms. The Morgan fingerprint density at radius 3 is 1.69 bits per heavy atom. The second-order valence-electron chi connectivity index (χ2n) is 9.87. The topological polar surface area (TPSA) is 157 Å². The molecule has 0 saturated heterocycles. The lowest BCUT2D eigenvalue weighted by Gasteiger charge is -2.27. The molecule has 0 aromatic heterocycles. The van der Waals surface area contributed by atoms with Crippen LogP contribution in [-0.2, 0) is 9.59 Å². The Kier molecular flexibility index (Phi) is 18.8. The molecule has 204 valence electrons. The van der Waals surface area contributed by atoms with Crippen molar-refractivity contribution in [1.82, 2.24) is 21.3 Å². The van der Waals surface area contributed by atoms with Crippen molar-refractivity contribution in [1.29, 1.82) is 0 Å². The van der Waals surface area contributed by atoms with Crippen molar-refractivity contribution in [2.24, 2.45) is 11.8 Å². The fourth-order valence-electron chi connectivity index (χ4n) is 3.91. The lowest BCUT2D eigenvalue weighted by Crippen LogP contribution is -2.56. The lowest BCUT2D eigenvalue weighted by atomic mass is 10.0. The predicted octanol–water partition coefficient (Wildman–Crippen LogP) is 4.09.